The summed E-state index contributed by atoms with van der Waals surface area (Å²) in [6, 6.07) is 1.64. The minimum atomic E-state index is -0.247. The van der Waals surface area contributed by atoms with Gasteiger partial charge in [0, 0.05) is 51.0 Å². The van der Waals surface area contributed by atoms with Crippen LogP contribution >= 0.6 is 0 Å². The van der Waals surface area contributed by atoms with E-state index in [1.807, 2.05) is 32.0 Å². The van der Waals surface area contributed by atoms with Crippen LogP contribution in [0.2, 0.25) is 0 Å². The van der Waals surface area contributed by atoms with Crippen LogP contribution in [-0.4, -0.2) is 73.4 Å². The number of hydrogen-bond acceptors (Lipinski definition) is 6. The van der Waals surface area contributed by atoms with E-state index in [0.717, 1.165) is 50.7 Å². The molecule has 1 aliphatic heterocycles. The molecule has 150 valence electrons. The van der Waals surface area contributed by atoms with Gasteiger partial charge in [-0.2, -0.15) is 4.98 Å². The molecule has 1 aliphatic carbocycles. The number of carbonyl (C=O) groups is 1. The fourth-order valence-electron chi connectivity index (χ4n) is 4.08. The second kappa shape index (κ2) is 8.84. The lowest BCUT2D eigenvalue weighted by molar-refractivity contribution is -0.0356. The normalized spacial score (nSPS) is 20.1. The molecule has 2 heterocycles. The average Bonchev–Trinajstić information content (AvgIpc) is 2.67. The molecule has 27 heavy (non-hydrogen) atoms. The van der Waals surface area contributed by atoms with E-state index >= 15 is 0 Å². The average molecular weight is 377 g/mol. The van der Waals surface area contributed by atoms with Crippen LogP contribution in [0.15, 0.2) is 6.07 Å². The number of morpholine rings is 1. The summed E-state index contributed by atoms with van der Waals surface area (Å²) < 4.78 is 5.52. The van der Waals surface area contributed by atoms with Crippen molar-refractivity contribution in [3.8, 4) is 0 Å². The highest BCUT2D eigenvalue weighted by atomic mass is 16.5. The molecule has 8 heteroatoms. The lowest BCUT2D eigenvalue weighted by atomic mass is 9.80. The smallest absolute Gasteiger partial charge is 0.321 e. The Morgan fingerprint density at radius 3 is 2.59 bits per heavy atom. The number of ether oxygens (including phenoxy) is 1. The topological polar surface area (TPSA) is 82.6 Å². The minimum absolute atomic E-state index is 0.0433. The highest BCUT2D eigenvalue weighted by molar-refractivity contribution is 5.87. The Kier molecular flexibility index (Phi) is 6.49. The Labute approximate surface area is 161 Å². The van der Waals surface area contributed by atoms with E-state index in [1.165, 1.54) is 19.3 Å². The molecule has 0 aromatic carbocycles. The van der Waals surface area contributed by atoms with Crippen molar-refractivity contribution in [2.24, 2.45) is 0 Å². The Balaban J connectivity index is 1.62. The zero-order chi connectivity index (χ0) is 19.3. The molecule has 1 aromatic rings. The van der Waals surface area contributed by atoms with Crippen LogP contribution in [0.1, 0.15) is 37.8 Å². The second-order valence-corrected chi connectivity index (χ2v) is 7.78. The maximum atomic E-state index is 12.5. The van der Waals surface area contributed by atoms with Gasteiger partial charge in [-0.3, -0.25) is 10.2 Å². The maximum Gasteiger partial charge on any atom is 0.321 e. The van der Waals surface area contributed by atoms with Gasteiger partial charge < -0.3 is 15.0 Å². The van der Waals surface area contributed by atoms with Crippen molar-refractivity contribution in [2.75, 3.05) is 57.2 Å². The molecular formula is C19H32N6O2. The molecule has 2 aliphatic rings. The number of aryl methyl sites for hydroxylation is 1. The van der Waals surface area contributed by atoms with Crippen molar-refractivity contribution in [2.45, 2.75) is 44.6 Å². The summed E-state index contributed by atoms with van der Waals surface area (Å²) in [5.41, 5.74) is 0.864. The first-order valence-corrected chi connectivity index (χ1v) is 9.89. The highest BCUT2D eigenvalue weighted by Gasteiger charge is 2.38. The van der Waals surface area contributed by atoms with Crippen LogP contribution in [0, 0.1) is 6.92 Å². The first kappa shape index (κ1) is 19.8. The third-order valence-electron chi connectivity index (χ3n) is 5.57. The van der Waals surface area contributed by atoms with Gasteiger partial charge in [0.05, 0.1) is 13.2 Å². The number of hydrogen-bond donors (Lipinski definition) is 2. The molecule has 8 nitrogen and oxygen atoms in total. The van der Waals surface area contributed by atoms with Gasteiger partial charge in [0.1, 0.15) is 5.82 Å². The summed E-state index contributed by atoms with van der Waals surface area (Å²) in [6.07, 6.45) is 5.96. The van der Waals surface area contributed by atoms with Gasteiger partial charge in [-0.05, 0) is 19.8 Å². The first-order chi connectivity index (χ1) is 13.0. The van der Waals surface area contributed by atoms with E-state index < -0.39 is 0 Å². The first-order valence-electron chi connectivity index (χ1n) is 9.89. The van der Waals surface area contributed by atoms with E-state index in [1.54, 1.807) is 0 Å². The van der Waals surface area contributed by atoms with Crippen LogP contribution in [0.4, 0.5) is 16.6 Å². The van der Waals surface area contributed by atoms with Crippen molar-refractivity contribution in [1.82, 2.24) is 20.2 Å². The molecule has 0 bridgehead atoms. The lowest BCUT2D eigenvalue weighted by Gasteiger charge is -2.48. The largest absolute Gasteiger partial charge is 0.379 e. The van der Waals surface area contributed by atoms with Crippen LogP contribution in [0.3, 0.4) is 0 Å². The third kappa shape index (κ3) is 5.07. The van der Waals surface area contributed by atoms with Crippen LogP contribution in [-0.2, 0) is 4.74 Å². The summed E-state index contributed by atoms with van der Waals surface area (Å²) in [5.74, 6) is 1.11. The van der Waals surface area contributed by atoms with Crippen molar-refractivity contribution >= 4 is 17.8 Å². The van der Waals surface area contributed by atoms with Gasteiger partial charge in [0.25, 0.3) is 0 Å². The Morgan fingerprint density at radius 1 is 1.22 bits per heavy atom. The van der Waals surface area contributed by atoms with E-state index in [9.17, 15) is 4.79 Å². The van der Waals surface area contributed by atoms with Crippen molar-refractivity contribution in [1.29, 1.82) is 0 Å². The number of nitrogens with zero attached hydrogens (tertiary/aromatic N) is 4. The van der Waals surface area contributed by atoms with Crippen LogP contribution < -0.4 is 15.5 Å². The lowest BCUT2D eigenvalue weighted by Crippen LogP contribution is -2.60. The molecule has 0 atom stereocenters. The molecule has 1 aromatic heterocycles. The molecule has 2 N–H and O–H groups in total. The molecule has 1 saturated carbocycles. The number of urea groups is 1. The molecule has 3 rings (SSSR count). The molecule has 2 amide bonds. The van der Waals surface area contributed by atoms with Crippen molar-refractivity contribution in [3.05, 3.63) is 11.8 Å². The molecule has 0 radical (unpaired) electrons. The molecule has 1 saturated heterocycles. The zero-order valence-corrected chi connectivity index (χ0v) is 16.8. The van der Waals surface area contributed by atoms with Gasteiger partial charge in [-0.15, -0.1) is 0 Å². The summed E-state index contributed by atoms with van der Waals surface area (Å²) >= 11 is 0. The summed E-state index contributed by atoms with van der Waals surface area (Å²) in [4.78, 5) is 25.6. The van der Waals surface area contributed by atoms with Crippen LogP contribution in [0.5, 0.6) is 0 Å². The number of nitrogens with one attached hydrogen (secondary N) is 2. The van der Waals surface area contributed by atoms with E-state index in [2.05, 4.69) is 25.5 Å². The predicted molar refractivity (Wildman–Crippen MR) is 106 cm³/mol. The number of rotatable bonds is 5. The molecular weight excluding hydrogens is 344 g/mol. The quantitative estimate of drug-likeness (QED) is 0.818. The van der Waals surface area contributed by atoms with Gasteiger partial charge in [-0.25, -0.2) is 9.78 Å². The SMILES string of the molecule is Cc1cc(N(C)C)nc(NC(=O)NCC2(N3CCOCC3)CCCCC2)n1. The number of carbonyl (C=O) groups excluding carboxylic acids is 1. The number of anilines is 2. The monoisotopic (exact) mass is 376 g/mol. The van der Waals surface area contributed by atoms with Gasteiger partial charge in [0.2, 0.25) is 5.95 Å². The number of amides is 2. The van der Waals surface area contributed by atoms with Gasteiger partial charge in [0.15, 0.2) is 0 Å². The fraction of sp³-hybridized carbons (Fsp3) is 0.737. The van der Waals surface area contributed by atoms with E-state index in [-0.39, 0.29) is 11.6 Å². The second-order valence-electron chi connectivity index (χ2n) is 7.78. The van der Waals surface area contributed by atoms with Gasteiger partial charge >= 0.3 is 6.03 Å². The minimum Gasteiger partial charge on any atom is -0.379 e. The molecule has 0 unspecified atom stereocenters. The summed E-state index contributed by atoms with van der Waals surface area (Å²) in [6.45, 7) is 5.97. The number of aromatic nitrogens is 2. The zero-order valence-electron chi connectivity index (χ0n) is 16.8. The predicted octanol–water partition coefficient (Wildman–Crippen LogP) is 2.01. The highest BCUT2D eigenvalue weighted by Crippen LogP contribution is 2.33. The molecule has 0 spiro atoms. The summed E-state index contributed by atoms with van der Waals surface area (Å²) in [7, 11) is 3.83. The Hall–Kier alpha value is -1.93. The van der Waals surface area contributed by atoms with Crippen molar-refractivity contribution < 1.29 is 9.53 Å². The Bertz CT molecular complexity index is 639. The van der Waals surface area contributed by atoms with E-state index in [4.69, 9.17) is 4.74 Å². The van der Waals surface area contributed by atoms with E-state index in [0.29, 0.717) is 12.5 Å². The third-order valence-corrected chi connectivity index (χ3v) is 5.57. The van der Waals surface area contributed by atoms with Crippen LogP contribution in [0.25, 0.3) is 0 Å². The summed E-state index contributed by atoms with van der Waals surface area (Å²) in [5, 5.41) is 5.88. The van der Waals surface area contributed by atoms with Crippen molar-refractivity contribution in [3.63, 3.8) is 0 Å². The standard InChI is InChI=1S/C19H32N6O2/c1-15-13-16(24(2)3)22-17(21-15)23-18(26)20-14-19(7-5-4-6-8-19)25-9-11-27-12-10-25/h13H,4-12,14H2,1-3H3,(H2,20,21,22,23,26). The fourth-order valence-corrected chi connectivity index (χ4v) is 4.08. The van der Waals surface area contributed by atoms with Gasteiger partial charge in [-0.1, -0.05) is 19.3 Å². The maximum absolute atomic E-state index is 12.5. The Morgan fingerprint density at radius 2 is 1.93 bits per heavy atom. The molecule has 2 fully saturated rings.